The lowest BCUT2D eigenvalue weighted by Gasteiger charge is -2.32. The molecule has 1 aliphatic rings. The van der Waals surface area contributed by atoms with Gasteiger partial charge >= 0.3 is 0 Å². The van der Waals surface area contributed by atoms with Gasteiger partial charge in [0.05, 0.1) is 10.5 Å². The van der Waals surface area contributed by atoms with Gasteiger partial charge in [-0.15, -0.1) is 0 Å². The number of nitrogens with zero attached hydrogens (tertiary/aromatic N) is 2. The number of hydrogen-bond donors (Lipinski definition) is 1. The molecule has 1 N–H and O–H groups in total. The third-order valence-corrected chi connectivity index (χ3v) is 5.63. The van der Waals surface area contributed by atoms with E-state index in [1.54, 1.807) is 17.0 Å². The highest BCUT2D eigenvalue weighted by Crippen LogP contribution is 2.18. The first-order valence-corrected chi connectivity index (χ1v) is 9.61. The number of piperidine rings is 1. The van der Waals surface area contributed by atoms with Crippen molar-refractivity contribution >= 4 is 15.9 Å². The predicted molar refractivity (Wildman–Crippen MR) is 90.5 cm³/mol. The number of carbonyl (C=O) groups excluding carboxylic acids is 1. The fourth-order valence-corrected chi connectivity index (χ4v) is 4.26. The van der Waals surface area contributed by atoms with Gasteiger partial charge in [0.1, 0.15) is 6.07 Å². The summed E-state index contributed by atoms with van der Waals surface area (Å²) < 4.78 is 27.7. The van der Waals surface area contributed by atoms with E-state index >= 15 is 0 Å². The fraction of sp³-hybridized carbons (Fsp3) is 0.529. The van der Waals surface area contributed by atoms with Crippen molar-refractivity contribution in [3.63, 3.8) is 0 Å². The van der Waals surface area contributed by atoms with Gasteiger partial charge in [0.2, 0.25) is 15.9 Å². The maximum atomic E-state index is 12.5. The molecular formula is C17H23N3O3S. The van der Waals surface area contributed by atoms with E-state index in [0.29, 0.717) is 38.3 Å². The Morgan fingerprint density at radius 3 is 2.54 bits per heavy atom. The smallest absolute Gasteiger partial charge is 0.242 e. The average molecular weight is 349 g/mol. The monoisotopic (exact) mass is 349 g/mol. The molecule has 1 aromatic carbocycles. The van der Waals surface area contributed by atoms with Crippen LogP contribution < -0.4 is 4.72 Å². The van der Waals surface area contributed by atoms with E-state index in [-0.39, 0.29) is 22.4 Å². The minimum Gasteiger partial charge on any atom is -0.343 e. The van der Waals surface area contributed by atoms with E-state index in [4.69, 9.17) is 5.26 Å². The standard InChI is InChI=1S/C17H23N3O3S/c1-13(2)11-17(21)20-9-7-15(8-10-20)19-24(22,23)16-6-4-3-5-14(16)12-18/h3-6,13,15,19H,7-11H2,1-2H3. The number of carbonyl (C=O) groups is 1. The summed E-state index contributed by atoms with van der Waals surface area (Å²) >= 11 is 0. The van der Waals surface area contributed by atoms with Gasteiger partial charge in [0.25, 0.3) is 0 Å². The number of nitriles is 1. The van der Waals surface area contributed by atoms with Crippen LogP contribution in [0, 0.1) is 17.2 Å². The van der Waals surface area contributed by atoms with Crippen LogP contribution in [0.25, 0.3) is 0 Å². The van der Waals surface area contributed by atoms with E-state index in [0.717, 1.165) is 0 Å². The molecule has 1 saturated heterocycles. The van der Waals surface area contributed by atoms with Crippen LogP contribution in [0.5, 0.6) is 0 Å². The van der Waals surface area contributed by atoms with E-state index in [1.807, 2.05) is 19.9 Å². The SMILES string of the molecule is CC(C)CC(=O)N1CCC(NS(=O)(=O)c2ccccc2C#N)CC1. The Kier molecular flexibility index (Phi) is 5.97. The molecule has 0 radical (unpaired) electrons. The van der Waals surface area contributed by atoms with Gasteiger partial charge in [-0.05, 0) is 30.9 Å². The Morgan fingerprint density at radius 2 is 1.96 bits per heavy atom. The van der Waals surface area contributed by atoms with Crippen LogP contribution in [0.3, 0.4) is 0 Å². The predicted octanol–water partition coefficient (Wildman–Crippen LogP) is 1.87. The zero-order chi connectivity index (χ0) is 17.7. The van der Waals surface area contributed by atoms with Crippen LogP contribution in [0.15, 0.2) is 29.2 Å². The second-order valence-electron chi connectivity index (χ2n) is 6.48. The molecule has 1 aliphatic heterocycles. The highest BCUT2D eigenvalue weighted by atomic mass is 32.2. The van der Waals surface area contributed by atoms with Crippen molar-refractivity contribution in [1.82, 2.24) is 9.62 Å². The van der Waals surface area contributed by atoms with Crippen molar-refractivity contribution in [1.29, 1.82) is 5.26 Å². The average Bonchev–Trinajstić information content (AvgIpc) is 2.54. The molecule has 24 heavy (non-hydrogen) atoms. The van der Waals surface area contributed by atoms with Crippen molar-refractivity contribution in [2.75, 3.05) is 13.1 Å². The maximum Gasteiger partial charge on any atom is 0.242 e. The van der Waals surface area contributed by atoms with Crippen LogP contribution in [0.2, 0.25) is 0 Å². The normalized spacial score (nSPS) is 16.2. The molecule has 2 rings (SSSR count). The molecule has 1 aromatic rings. The van der Waals surface area contributed by atoms with Crippen molar-refractivity contribution in [2.24, 2.45) is 5.92 Å². The maximum absolute atomic E-state index is 12.5. The molecule has 1 amide bonds. The van der Waals surface area contributed by atoms with Gasteiger partial charge in [0, 0.05) is 25.6 Å². The fourth-order valence-electron chi connectivity index (χ4n) is 2.80. The molecule has 0 saturated carbocycles. The summed E-state index contributed by atoms with van der Waals surface area (Å²) in [5.74, 6) is 0.442. The number of sulfonamides is 1. The van der Waals surface area contributed by atoms with Crippen LogP contribution in [-0.4, -0.2) is 38.4 Å². The number of rotatable bonds is 5. The van der Waals surface area contributed by atoms with Gasteiger partial charge in [-0.3, -0.25) is 4.79 Å². The second-order valence-corrected chi connectivity index (χ2v) is 8.16. The molecular weight excluding hydrogens is 326 g/mol. The lowest BCUT2D eigenvalue weighted by Crippen LogP contribution is -2.46. The first-order valence-electron chi connectivity index (χ1n) is 8.12. The first-order chi connectivity index (χ1) is 11.3. The van der Waals surface area contributed by atoms with E-state index in [1.165, 1.54) is 12.1 Å². The van der Waals surface area contributed by atoms with Crippen LogP contribution in [0.1, 0.15) is 38.7 Å². The minimum atomic E-state index is -3.74. The highest BCUT2D eigenvalue weighted by molar-refractivity contribution is 7.89. The van der Waals surface area contributed by atoms with Gasteiger partial charge in [-0.25, -0.2) is 13.1 Å². The third-order valence-electron chi connectivity index (χ3n) is 4.05. The van der Waals surface area contributed by atoms with Crippen molar-refractivity contribution in [2.45, 2.75) is 44.0 Å². The molecule has 0 spiro atoms. The summed E-state index contributed by atoms with van der Waals surface area (Å²) in [6.45, 7) is 5.12. The summed E-state index contributed by atoms with van der Waals surface area (Å²) in [4.78, 5) is 13.9. The number of likely N-dealkylation sites (tertiary alicyclic amines) is 1. The largest absolute Gasteiger partial charge is 0.343 e. The Hall–Kier alpha value is -1.91. The van der Waals surface area contributed by atoms with Gasteiger partial charge in [0.15, 0.2) is 0 Å². The number of hydrogen-bond acceptors (Lipinski definition) is 4. The molecule has 1 fully saturated rings. The summed E-state index contributed by atoms with van der Waals surface area (Å²) in [5.41, 5.74) is 0.134. The van der Waals surface area contributed by atoms with E-state index in [9.17, 15) is 13.2 Å². The Labute approximate surface area is 143 Å². The molecule has 0 unspecified atom stereocenters. The molecule has 6 nitrogen and oxygen atoms in total. The molecule has 0 aromatic heterocycles. The molecule has 130 valence electrons. The van der Waals surface area contributed by atoms with Gasteiger partial charge in [-0.2, -0.15) is 5.26 Å². The van der Waals surface area contributed by atoms with Crippen LogP contribution in [0.4, 0.5) is 0 Å². The van der Waals surface area contributed by atoms with Crippen molar-refractivity contribution in [3.05, 3.63) is 29.8 Å². The lowest BCUT2D eigenvalue weighted by molar-refractivity contribution is -0.133. The summed E-state index contributed by atoms with van der Waals surface area (Å²) in [6, 6.07) is 7.84. The Morgan fingerprint density at radius 1 is 1.33 bits per heavy atom. The molecule has 7 heteroatoms. The highest BCUT2D eigenvalue weighted by Gasteiger charge is 2.27. The number of amides is 1. The molecule has 0 bridgehead atoms. The third kappa shape index (κ3) is 4.56. The minimum absolute atomic E-state index is 0.00538. The Bertz CT molecular complexity index is 730. The number of nitrogens with one attached hydrogen (secondary N) is 1. The van der Waals surface area contributed by atoms with Gasteiger partial charge in [-0.1, -0.05) is 26.0 Å². The lowest BCUT2D eigenvalue weighted by atomic mass is 10.0. The van der Waals surface area contributed by atoms with E-state index in [2.05, 4.69) is 4.72 Å². The van der Waals surface area contributed by atoms with Crippen molar-refractivity contribution < 1.29 is 13.2 Å². The summed E-state index contributed by atoms with van der Waals surface area (Å²) in [7, 11) is -3.74. The summed E-state index contributed by atoms with van der Waals surface area (Å²) in [6.07, 6.45) is 1.68. The second kappa shape index (κ2) is 7.77. The molecule has 0 atom stereocenters. The number of benzene rings is 1. The molecule has 1 heterocycles. The van der Waals surface area contributed by atoms with E-state index < -0.39 is 10.0 Å². The quantitative estimate of drug-likeness (QED) is 0.879. The molecule has 0 aliphatic carbocycles. The van der Waals surface area contributed by atoms with Gasteiger partial charge < -0.3 is 4.90 Å². The zero-order valence-corrected chi connectivity index (χ0v) is 14.8. The first kappa shape index (κ1) is 18.4. The van der Waals surface area contributed by atoms with Crippen molar-refractivity contribution in [3.8, 4) is 6.07 Å². The summed E-state index contributed by atoms with van der Waals surface area (Å²) in [5, 5.41) is 9.07. The van der Waals surface area contributed by atoms with Crippen LogP contribution in [-0.2, 0) is 14.8 Å². The topological polar surface area (TPSA) is 90.3 Å². The van der Waals surface area contributed by atoms with Crippen LogP contribution >= 0.6 is 0 Å². The Balaban J connectivity index is 1.98. The zero-order valence-electron chi connectivity index (χ0n) is 14.0.